The first-order chi connectivity index (χ1) is 7.86. The van der Waals surface area contributed by atoms with E-state index in [1.54, 1.807) is 12.4 Å². The smallest absolute Gasteiger partial charge is 0.0315 e. The fourth-order valence-corrected chi connectivity index (χ4v) is 1.52. The Labute approximate surface area is 95.6 Å². The molecule has 0 fully saturated rings. The van der Waals surface area contributed by atoms with E-state index in [1.165, 1.54) is 11.1 Å². The van der Waals surface area contributed by atoms with E-state index in [9.17, 15) is 0 Å². The minimum absolute atomic E-state index is 0.300. The molecule has 2 aromatic heterocycles. The Morgan fingerprint density at radius 3 is 2.50 bits per heavy atom. The molecule has 0 bridgehead atoms. The van der Waals surface area contributed by atoms with Gasteiger partial charge in [-0.1, -0.05) is 12.1 Å². The van der Waals surface area contributed by atoms with Crippen molar-refractivity contribution in [3.63, 3.8) is 0 Å². The van der Waals surface area contributed by atoms with E-state index in [-0.39, 0.29) is 0 Å². The molecule has 0 aliphatic heterocycles. The molecule has 82 valence electrons. The zero-order valence-electron chi connectivity index (χ0n) is 9.30. The van der Waals surface area contributed by atoms with Gasteiger partial charge in [0.05, 0.1) is 0 Å². The van der Waals surface area contributed by atoms with Crippen LogP contribution < -0.4 is 5.32 Å². The van der Waals surface area contributed by atoms with Crippen molar-refractivity contribution in [1.29, 1.82) is 0 Å². The van der Waals surface area contributed by atoms with Crippen LogP contribution in [0.2, 0.25) is 0 Å². The molecule has 1 unspecified atom stereocenters. The van der Waals surface area contributed by atoms with E-state index in [2.05, 4.69) is 34.3 Å². The zero-order chi connectivity index (χ0) is 11.2. The van der Waals surface area contributed by atoms with Crippen LogP contribution in [0.1, 0.15) is 24.1 Å². The van der Waals surface area contributed by atoms with Crippen molar-refractivity contribution in [2.75, 3.05) is 0 Å². The summed E-state index contributed by atoms with van der Waals surface area (Å²) >= 11 is 0. The molecular weight excluding hydrogens is 198 g/mol. The van der Waals surface area contributed by atoms with Gasteiger partial charge in [-0.15, -0.1) is 0 Å². The summed E-state index contributed by atoms with van der Waals surface area (Å²) in [5, 5.41) is 3.44. The van der Waals surface area contributed by atoms with Gasteiger partial charge in [0.15, 0.2) is 0 Å². The Hall–Kier alpha value is -1.74. The molecule has 2 heterocycles. The molecular formula is C13H15N3. The van der Waals surface area contributed by atoms with Gasteiger partial charge in [0.2, 0.25) is 0 Å². The van der Waals surface area contributed by atoms with Crippen LogP contribution in [0, 0.1) is 0 Å². The van der Waals surface area contributed by atoms with Crippen LogP contribution >= 0.6 is 0 Å². The van der Waals surface area contributed by atoms with E-state index in [4.69, 9.17) is 0 Å². The summed E-state index contributed by atoms with van der Waals surface area (Å²) in [6.07, 6.45) is 7.34. The van der Waals surface area contributed by atoms with Crippen LogP contribution in [0.5, 0.6) is 0 Å². The van der Waals surface area contributed by atoms with Crippen LogP contribution in [0.3, 0.4) is 0 Å². The molecule has 0 amide bonds. The molecule has 16 heavy (non-hydrogen) atoms. The lowest BCUT2D eigenvalue weighted by atomic mass is 10.1. The molecule has 0 spiro atoms. The molecule has 3 nitrogen and oxygen atoms in total. The molecule has 1 atom stereocenters. The second-order valence-electron chi connectivity index (χ2n) is 3.75. The van der Waals surface area contributed by atoms with Crippen LogP contribution in [0.25, 0.3) is 0 Å². The van der Waals surface area contributed by atoms with Gasteiger partial charge in [-0.3, -0.25) is 9.97 Å². The first kappa shape index (κ1) is 10.8. The maximum absolute atomic E-state index is 4.11. The Morgan fingerprint density at radius 1 is 1.12 bits per heavy atom. The van der Waals surface area contributed by atoms with Gasteiger partial charge in [-0.25, -0.2) is 0 Å². The van der Waals surface area contributed by atoms with Gasteiger partial charge in [0.1, 0.15) is 0 Å². The van der Waals surface area contributed by atoms with Crippen LogP contribution in [-0.4, -0.2) is 9.97 Å². The summed E-state index contributed by atoms with van der Waals surface area (Å²) in [6, 6.07) is 8.35. The minimum atomic E-state index is 0.300. The Kier molecular flexibility index (Phi) is 3.62. The van der Waals surface area contributed by atoms with Crippen molar-refractivity contribution in [3.8, 4) is 0 Å². The van der Waals surface area contributed by atoms with E-state index in [0.29, 0.717) is 6.04 Å². The number of pyridine rings is 2. The highest BCUT2D eigenvalue weighted by Crippen LogP contribution is 2.10. The predicted molar refractivity (Wildman–Crippen MR) is 63.7 cm³/mol. The highest BCUT2D eigenvalue weighted by molar-refractivity contribution is 5.14. The lowest BCUT2D eigenvalue weighted by molar-refractivity contribution is 0.572. The summed E-state index contributed by atoms with van der Waals surface area (Å²) in [5.74, 6) is 0. The molecule has 2 aromatic rings. The normalized spacial score (nSPS) is 12.3. The fourth-order valence-electron chi connectivity index (χ4n) is 1.52. The summed E-state index contributed by atoms with van der Waals surface area (Å²) in [6.45, 7) is 2.96. The minimum Gasteiger partial charge on any atom is -0.306 e. The predicted octanol–water partition coefficient (Wildman–Crippen LogP) is 2.33. The van der Waals surface area contributed by atoms with E-state index in [1.807, 2.05) is 24.5 Å². The first-order valence-electron chi connectivity index (χ1n) is 5.38. The molecule has 3 heteroatoms. The third-order valence-corrected chi connectivity index (χ3v) is 2.52. The molecule has 0 aliphatic carbocycles. The first-order valence-corrected chi connectivity index (χ1v) is 5.38. The summed E-state index contributed by atoms with van der Waals surface area (Å²) < 4.78 is 0. The highest BCUT2D eigenvalue weighted by atomic mass is 14.9. The third-order valence-electron chi connectivity index (χ3n) is 2.52. The number of aromatic nitrogens is 2. The SMILES string of the molecule is CC(NCc1cccnc1)c1cccnc1. The fraction of sp³-hybridized carbons (Fsp3) is 0.231. The highest BCUT2D eigenvalue weighted by Gasteiger charge is 2.03. The standard InChI is InChI=1S/C13H15N3/c1-11(13-5-3-7-15-10-13)16-9-12-4-2-6-14-8-12/h2-8,10-11,16H,9H2,1H3. The lowest BCUT2D eigenvalue weighted by Gasteiger charge is -2.13. The van der Waals surface area contributed by atoms with Crippen molar-refractivity contribution in [3.05, 3.63) is 60.2 Å². The van der Waals surface area contributed by atoms with Crippen molar-refractivity contribution >= 4 is 0 Å². The summed E-state index contributed by atoms with van der Waals surface area (Å²) in [5.41, 5.74) is 2.39. The maximum Gasteiger partial charge on any atom is 0.0315 e. The van der Waals surface area contributed by atoms with Gasteiger partial charge < -0.3 is 5.32 Å². The molecule has 1 N–H and O–H groups in total. The van der Waals surface area contributed by atoms with Crippen LogP contribution in [0.15, 0.2) is 49.1 Å². The number of rotatable bonds is 4. The zero-order valence-corrected chi connectivity index (χ0v) is 9.30. The largest absolute Gasteiger partial charge is 0.306 e. The van der Waals surface area contributed by atoms with Crippen LogP contribution in [0.4, 0.5) is 0 Å². The monoisotopic (exact) mass is 213 g/mol. The third kappa shape index (κ3) is 2.87. The van der Waals surface area contributed by atoms with Gasteiger partial charge in [0, 0.05) is 37.4 Å². The van der Waals surface area contributed by atoms with Crippen molar-refractivity contribution in [2.24, 2.45) is 0 Å². The average molecular weight is 213 g/mol. The molecule has 0 aliphatic rings. The summed E-state index contributed by atoms with van der Waals surface area (Å²) in [4.78, 5) is 8.19. The quantitative estimate of drug-likeness (QED) is 0.847. The van der Waals surface area contributed by atoms with Gasteiger partial charge >= 0.3 is 0 Å². The second-order valence-corrected chi connectivity index (χ2v) is 3.75. The second kappa shape index (κ2) is 5.37. The van der Waals surface area contributed by atoms with Crippen molar-refractivity contribution in [2.45, 2.75) is 19.5 Å². The van der Waals surface area contributed by atoms with Crippen molar-refractivity contribution < 1.29 is 0 Å². The number of hydrogen-bond donors (Lipinski definition) is 1. The molecule has 2 rings (SSSR count). The average Bonchev–Trinajstić information content (AvgIpc) is 2.38. The Bertz CT molecular complexity index is 414. The van der Waals surface area contributed by atoms with Gasteiger partial charge in [0.25, 0.3) is 0 Å². The van der Waals surface area contributed by atoms with E-state index >= 15 is 0 Å². The van der Waals surface area contributed by atoms with Crippen molar-refractivity contribution in [1.82, 2.24) is 15.3 Å². The van der Waals surface area contributed by atoms with E-state index in [0.717, 1.165) is 6.54 Å². The Morgan fingerprint density at radius 2 is 1.88 bits per heavy atom. The maximum atomic E-state index is 4.11. The topological polar surface area (TPSA) is 37.8 Å². The number of hydrogen-bond acceptors (Lipinski definition) is 3. The number of nitrogens with one attached hydrogen (secondary N) is 1. The Balaban J connectivity index is 1.92. The molecule has 0 radical (unpaired) electrons. The number of nitrogens with zero attached hydrogens (tertiary/aromatic N) is 2. The van der Waals surface area contributed by atoms with Gasteiger partial charge in [-0.2, -0.15) is 0 Å². The van der Waals surface area contributed by atoms with Gasteiger partial charge in [-0.05, 0) is 30.2 Å². The van der Waals surface area contributed by atoms with E-state index < -0.39 is 0 Å². The lowest BCUT2D eigenvalue weighted by Crippen LogP contribution is -2.18. The van der Waals surface area contributed by atoms with Crippen LogP contribution in [-0.2, 0) is 6.54 Å². The molecule has 0 aromatic carbocycles. The molecule has 0 saturated carbocycles. The summed E-state index contributed by atoms with van der Waals surface area (Å²) in [7, 11) is 0. The molecule has 0 saturated heterocycles.